The third-order valence-electron chi connectivity index (χ3n) is 4.61. The van der Waals surface area contributed by atoms with Gasteiger partial charge in [0.15, 0.2) is 18.2 Å². The fourth-order valence-electron chi connectivity index (χ4n) is 3.30. The number of halogens is 2. The molecule has 3 rings (SSSR count). The summed E-state index contributed by atoms with van der Waals surface area (Å²) in [6, 6.07) is 9.90. The molecule has 1 atom stereocenters. The maximum absolute atomic E-state index is 13.9. The number of ether oxygens (including phenoxy) is 3. The highest BCUT2D eigenvalue weighted by Gasteiger charge is 2.32. The lowest BCUT2D eigenvalue weighted by molar-refractivity contribution is -0.134. The molecule has 0 saturated carbocycles. The first-order chi connectivity index (χ1) is 13.0. The van der Waals surface area contributed by atoms with Gasteiger partial charge in [-0.3, -0.25) is 4.79 Å². The molecule has 0 N–H and O–H groups in total. The van der Waals surface area contributed by atoms with Gasteiger partial charge in [-0.15, -0.1) is 0 Å². The summed E-state index contributed by atoms with van der Waals surface area (Å²) in [5.74, 6) is 0.772. The van der Waals surface area contributed by atoms with Crippen LogP contribution in [0.1, 0.15) is 24.4 Å². The Morgan fingerprint density at radius 3 is 2.67 bits per heavy atom. The molecule has 5 nitrogen and oxygen atoms in total. The van der Waals surface area contributed by atoms with E-state index in [0.29, 0.717) is 22.5 Å². The molecule has 1 fully saturated rings. The van der Waals surface area contributed by atoms with Crippen LogP contribution in [0.5, 0.6) is 17.2 Å². The molecule has 1 aliphatic rings. The van der Waals surface area contributed by atoms with E-state index in [1.54, 1.807) is 25.2 Å². The highest BCUT2D eigenvalue weighted by molar-refractivity contribution is 9.10. The number of nitrogens with zero attached hydrogens (tertiary/aromatic N) is 1. The molecule has 0 spiro atoms. The van der Waals surface area contributed by atoms with Crippen LogP contribution >= 0.6 is 15.9 Å². The topological polar surface area (TPSA) is 48.0 Å². The molecule has 1 saturated heterocycles. The summed E-state index contributed by atoms with van der Waals surface area (Å²) >= 11 is 3.20. The lowest BCUT2D eigenvalue weighted by Crippen LogP contribution is -2.34. The monoisotopic (exact) mass is 437 g/mol. The number of hydrogen-bond donors (Lipinski definition) is 0. The van der Waals surface area contributed by atoms with Gasteiger partial charge < -0.3 is 19.1 Å². The highest BCUT2D eigenvalue weighted by Crippen LogP contribution is 2.39. The number of carbonyl (C=O) groups excluding carboxylic acids is 1. The summed E-state index contributed by atoms with van der Waals surface area (Å²) in [5.41, 5.74) is 0.900. The first-order valence-electron chi connectivity index (χ1n) is 8.62. The molecule has 7 heteroatoms. The van der Waals surface area contributed by atoms with Crippen molar-refractivity contribution in [3.8, 4) is 17.2 Å². The van der Waals surface area contributed by atoms with Crippen LogP contribution in [-0.2, 0) is 4.79 Å². The summed E-state index contributed by atoms with van der Waals surface area (Å²) in [4.78, 5) is 14.5. The molecule has 0 radical (unpaired) electrons. The summed E-state index contributed by atoms with van der Waals surface area (Å²) < 4.78 is 30.7. The molecule has 1 aliphatic heterocycles. The van der Waals surface area contributed by atoms with Crippen LogP contribution in [0.25, 0.3) is 0 Å². The predicted octanol–water partition coefficient (Wildman–Crippen LogP) is 4.35. The lowest BCUT2D eigenvalue weighted by Gasteiger charge is -2.26. The molecule has 1 heterocycles. The van der Waals surface area contributed by atoms with Gasteiger partial charge in [-0.25, -0.2) is 4.39 Å². The van der Waals surface area contributed by atoms with Crippen molar-refractivity contribution in [2.75, 3.05) is 27.4 Å². The summed E-state index contributed by atoms with van der Waals surface area (Å²) in [6.07, 6.45) is 1.70. The fraction of sp³-hybridized carbons (Fsp3) is 0.350. The number of amides is 1. The number of hydrogen-bond acceptors (Lipinski definition) is 4. The molecule has 0 bridgehead atoms. The molecule has 0 unspecified atom stereocenters. The predicted molar refractivity (Wildman–Crippen MR) is 103 cm³/mol. The quantitative estimate of drug-likeness (QED) is 0.673. The minimum atomic E-state index is -0.510. The Kier molecular flexibility index (Phi) is 6.21. The zero-order valence-corrected chi connectivity index (χ0v) is 16.8. The summed E-state index contributed by atoms with van der Waals surface area (Å²) in [7, 11) is 3.20. The standard InChI is InChI=1S/C20H21BrFNO4/c1-25-14-6-8-18(26-2)15(11-14)17-4-3-9-23(17)20(24)12-27-19-7-5-13(21)10-16(19)22/h5-8,10-11,17H,3-4,9,12H2,1-2H3/t17-/m1/s1. The molecule has 27 heavy (non-hydrogen) atoms. The van der Waals surface area contributed by atoms with Crippen molar-refractivity contribution >= 4 is 21.8 Å². The number of carbonyl (C=O) groups is 1. The first kappa shape index (κ1) is 19.5. The second-order valence-electron chi connectivity index (χ2n) is 6.22. The SMILES string of the molecule is COc1ccc(OC)c([C@H]2CCCN2C(=O)COc2ccc(Br)cc2F)c1. The van der Waals surface area contributed by atoms with E-state index in [9.17, 15) is 9.18 Å². The van der Waals surface area contributed by atoms with Crippen LogP contribution in [0.3, 0.4) is 0 Å². The van der Waals surface area contributed by atoms with E-state index in [1.807, 2.05) is 18.2 Å². The molecule has 2 aromatic rings. The van der Waals surface area contributed by atoms with Gasteiger partial charge >= 0.3 is 0 Å². The highest BCUT2D eigenvalue weighted by atomic mass is 79.9. The Hall–Kier alpha value is -2.28. The Bertz CT molecular complexity index is 830. The van der Waals surface area contributed by atoms with Crippen LogP contribution < -0.4 is 14.2 Å². The largest absolute Gasteiger partial charge is 0.497 e. The first-order valence-corrected chi connectivity index (χ1v) is 9.42. The third-order valence-corrected chi connectivity index (χ3v) is 5.11. The number of rotatable bonds is 6. The van der Waals surface area contributed by atoms with E-state index in [2.05, 4.69) is 15.9 Å². The van der Waals surface area contributed by atoms with Gasteiger partial charge in [0, 0.05) is 16.6 Å². The van der Waals surface area contributed by atoms with Crippen LogP contribution in [0.4, 0.5) is 4.39 Å². The lowest BCUT2D eigenvalue weighted by atomic mass is 10.0. The minimum Gasteiger partial charge on any atom is -0.497 e. The van der Waals surface area contributed by atoms with Crippen molar-refractivity contribution in [3.05, 3.63) is 52.3 Å². The van der Waals surface area contributed by atoms with E-state index >= 15 is 0 Å². The second kappa shape index (κ2) is 8.61. The van der Waals surface area contributed by atoms with Crippen LogP contribution in [0, 0.1) is 5.82 Å². The van der Waals surface area contributed by atoms with Gasteiger partial charge in [0.05, 0.1) is 20.3 Å². The third kappa shape index (κ3) is 4.35. The van der Waals surface area contributed by atoms with Gasteiger partial charge in [-0.05, 0) is 49.2 Å². The second-order valence-corrected chi connectivity index (χ2v) is 7.13. The maximum Gasteiger partial charge on any atom is 0.261 e. The summed E-state index contributed by atoms with van der Waals surface area (Å²) in [6.45, 7) is 0.400. The number of likely N-dealkylation sites (tertiary alicyclic amines) is 1. The van der Waals surface area contributed by atoms with Crippen LogP contribution in [0.2, 0.25) is 0 Å². The van der Waals surface area contributed by atoms with E-state index in [4.69, 9.17) is 14.2 Å². The molecular weight excluding hydrogens is 417 g/mol. The van der Waals surface area contributed by atoms with Gasteiger partial charge in [-0.1, -0.05) is 15.9 Å². The van der Waals surface area contributed by atoms with E-state index < -0.39 is 5.82 Å². The van der Waals surface area contributed by atoms with Gasteiger partial charge in [0.1, 0.15) is 11.5 Å². The van der Waals surface area contributed by atoms with E-state index in [0.717, 1.165) is 18.4 Å². The van der Waals surface area contributed by atoms with Crippen molar-refractivity contribution in [1.82, 2.24) is 4.90 Å². The maximum atomic E-state index is 13.9. The Balaban J connectivity index is 1.75. The zero-order chi connectivity index (χ0) is 19.4. The molecule has 144 valence electrons. The molecule has 0 aromatic heterocycles. The fourth-order valence-corrected chi connectivity index (χ4v) is 3.64. The van der Waals surface area contributed by atoms with Gasteiger partial charge in [-0.2, -0.15) is 0 Å². The Morgan fingerprint density at radius 2 is 1.96 bits per heavy atom. The van der Waals surface area contributed by atoms with E-state index in [-0.39, 0.29) is 24.3 Å². The Morgan fingerprint density at radius 1 is 1.19 bits per heavy atom. The molecule has 1 amide bonds. The average molecular weight is 438 g/mol. The molecule has 0 aliphatic carbocycles. The summed E-state index contributed by atoms with van der Waals surface area (Å²) in [5, 5.41) is 0. The smallest absolute Gasteiger partial charge is 0.261 e. The number of methoxy groups -OCH3 is 2. The van der Waals surface area contributed by atoms with Crippen LogP contribution in [-0.4, -0.2) is 38.2 Å². The molecular formula is C20H21BrFNO4. The minimum absolute atomic E-state index is 0.0567. The molecule has 2 aromatic carbocycles. The van der Waals surface area contributed by atoms with Gasteiger partial charge in [0.2, 0.25) is 0 Å². The zero-order valence-electron chi connectivity index (χ0n) is 15.2. The van der Waals surface area contributed by atoms with Crippen molar-refractivity contribution < 1.29 is 23.4 Å². The van der Waals surface area contributed by atoms with Crippen molar-refractivity contribution in [1.29, 1.82) is 0 Å². The average Bonchev–Trinajstić information content (AvgIpc) is 3.16. The van der Waals surface area contributed by atoms with E-state index in [1.165, 1.54) is 12.1 Å². The van der Waals surface area contributed by atoms with Crippen LogP contribution in [0.15, 0.2) is 40.9 Å². The van der Waals surface area contributed by atoms with Crippen molar-refractivity contribution in [2.24, 2.45) is 0 Å². The van der Waals surface area contributed by atoms with Crippen molar-refractivity contribution in [2.45, 2.75) is 18.9 Å². The van der Waals surface area contributed by atoms with Crippen molar-refractivity contribution in [3.63, 3.8) is 0 Å². The normalized spacial score (nSPS) is 16.3. The number of benzene rings is 2. The Labute approximate surface area is 166 Å². The van der Waals surface area contributed by atoms with Gasteiger partial charge in [0.25, 0.3) is 5.91 Å².